The second kappa shape index (κ2) is 7.36. The maximum Gasteiger partial charge on any atom is 0.281 e. The van der Waals surface area contributed by atoms with Gasteiger partial charge >= 0.3 is 0 Å². The number of nitrogens with zero attached hydrogens (tertiary/aromatic N) is 1. The van der Waals surface area contributed by atoms with E-state index in [-0.39, 0.29) is 17.7 Å². The Kier molecular flexibility index (Phi) is 5.74. The van der Waals surface area contributed by atoms with Crippen LogP contribution in [0.3, 0.4) is 0 Å². The van der Waals surface area contributed by atoms with Crippen LogP contribution in [-0.2, 0) is 24.3 Å². The molecule has 1 fully saturated rings. The highest BCUT2D eigenvalue weighted by molar-refractivity contribution is 7.90. The highest BCUT2D eigenvalue weighted by Crippen LogP contribution is 2.13. The molecule has 0 spiro atoms. The monoisotopic (exact) mass is 348 g/mol. The second-order valence-electron chi connectivity index (χ2n) is 4.89. The van der Waals surface area contributed by atoms with Gasteiger partial charge in [0.15, 0.2) is 5.03 Å². The van der Waals surface area contributed by atoms with E-state index >= 15 is 0 Å². The number of sulfonamides is 1. The summed E-state index contributed by atoms with van der Waals surface area (Å²) in [4.78, 5) is 15.6. The van der Waals surface area contributed by atoms with Crippen molar-refractivity contribution >= 4 is 27.5 Å². The highest BCUT2D eigenvalue weighted by Gasteiger charge is 2.24. The van der Waals surface area contributed by atoms with Gasteiger partial charge < -0.3 is 9.47 Å². The van der Waals surface area contributed by atoms with Crippen molar-refractivity contribution in [2.45, 2.75) is 37.0 Å². The van der Waals surface area contributed by atoms with Crippen LogP contribution < -0.4 is 4.72 Å². The third kappa shape index (κ3) is 4.64. The Bertz CT molecular complexity index is 614. The average Bonchev–Trinajstić information content (AvgIpc) is 2.98. The number of carbonyl (C=O) groups is 1. The number of nitrogens with one attached hydrogen (secondary N) is 1. The normalized spacial score (nSPS) is 19.8. The summed E-state index contributed by atoms with van der Waals surface area (Å²) < 4.78 is 36.6. The van der Waals surface area contributed by atoms with Gasteiger partial charge in [0.05, 0.1) is 17.7 Å². The Morgan fingerprint density at radius 3 is 2.95 bits per heavy atom. The lowest BCUT2D eigenvalue weighted by Crippen LogP contribution is -2.39. The van der Waals surface area contributed by atoms with Crippen molar-refractivity contribution in [3.05, 3.63) is 23.4 Å². The van der Waals surface area contributed by atoms with Crippen molar-refractivity contribution in [1.29, 1.82) is 0 Å². The smallest absolute Gasteiger partial charge is 0.281 e. The Hall–Kier alpha value is -1.22. The van der Waals surface area contributed by atoms with E-state index in [1.54, 1.807) is 0 Å². The topological polar surface area (TPSA) is 94.6 Å². The predicted octanol–water partition coefficient (Wildman–Crippen LogP) is 1.12. The van der Waals surface area contributed by atoms with Crippen molar-refractivity contribution < 1.29 is 22.7 Å². The molecule has 1 saturated heterocycles. The molecule has 1 aromatic rings. The molecule has 1 aliphatic rings. The molecule has 2 rings (SSSR count). The molecule has 122 valence electrons. The van der Waals surface area contributed by atoms with Gasteiger partial charge in [0, 0.05) is 12.8 Å². The number of rotatable bonds is 6. The molecule has 7 nitrogen and oxygen atoms in total. The number of aromatic nitrogens is 1. The maximum absolute atomic E-state index is 12.0. The second-order valence-corrected chi connectivity index (χ2v) is 6.96. The largest absolute Gasteiger partial charge is 0.376 e. The van der Waals surface area contributed by atoms with Gasteiger partial charge in [0.2, 0.25) is 0 Å². The number of halogens is 1. The number of ether oxygens (including phenoxy) is 2. The first kappa shape index (κ1) is 17.1. The lowest BCUT2D eigenvalue weighted by molar-refractivity contribution is -0.131. The van der Waals surface area contributed by atoms with Crippen molar-refractivity contribution in [2.24, 2.45) is 0 Å². The SMILES string of the molecule is CC(OCC1CCCO1)C(=O)NS(=O)(=O)c1ccc(Cl)cn1. The predicted molar refractivity (Wildman–Crippen MR) is 79.0 cm³/mol. The zero-order valence-corrected chi connectivity index (χ0v) is 13.6. The Morgan fingerprint density at radius 1 is 1.59 bits per heavy atom. The van der Waals surface area contributed by atoms with E-state index in [9.17, 15) is 13.2 Å². The van der Waals surface area contributed by atoms with Gasteiger partial charge in [-0.3, -0.25) is 4.79 Å². The van der Waals surface area contributed by atoms with Gasteiger partial charge in [-0.2, -0.15) is 8.42 Å². The lowest BCUT2D eigenvalue weighted by atomic mass is 10.2. The summed E-state index contributed by atoms with van der Waals surface area (Å²) in [5, 5.41) is 0.0233. The van der Waals surface area contributed by atoms with Crippen molar-refractivity contribution in [3.8, 4) is 0 Å². The highest BCUT2D eigenvalue weighted by atomic mass is 35.5. The molecule has 1 aromatic heterocycles. The van der Waals surface area contributed by atoms with Crippen LogP contribution in [0.15, 0.2) is 23.4 Å². The van der Waals surface area contributed by atoms with Gasteiger partial charge in [-0.15, -0.1) is 0 Å². The van der Waals surface area contributed by atoms with Crippen LogP contribution in [0.1, 0.15) is 19.8 Å². The van der Waals surface area contributed by atoms with E-state index in [2.05, 4.69) is 4.98 Å². The van der Waals surface area contributed by atoms with Crippen molar-refractivity contribution in [1.82, 2.24) is 9.71 Å². The third-order valence-electron chi connectivity index (χ3n) is 3.14. The van der Waals surface area contributed by atoms with Gasteiger partial charge in [-0.1, -0.05) is 11.6 Å². The first-order valence-corrected chi connectivity index (χ1v) is 8.66. The van der Waals surface area contributed by atoms with Gasteiger partial charge in [-0.25, -0.2) is 9.71 Å². The zero-order chi connectivity index (χ0) is 16.2. The molecule has 0 radical (unpaired) electrons. The minimum atomic E-state index is -4.04. The Morgan fingerprint density at radius 2 is 2.36 bits per heavy atom. The summed E-state index contributed by atoms with van der Waals surface area (Å²) in [6.07, 6.45) is 2.08. The van der Waals surface area contributed by atoms with Crippen LogP contribution in [0, 0.1) is 0 Å². The molecule has 0 saturated carbocycles. The van der Waals surface area contributed by atoms with Crippen LogP contribution in [0.5, 0.6) is 0 Å². The van der Waals surface area contributed by atoms with Crippen LogP contribution >= 0.6 is 11.6 Å². The van der Waals surface area contributed by atoms with Crippen molar-refractivity contribution in [3.63, 3.8) is 0 Å². The van der Waals surface area contributed by atoms with Crippen molar-refractivity contribution in [2.75, 3.05) is 13.2 Å². The minimum absolute atomic E-state index is 0.0372. The minimum Gasteiger partial charge on any atom is -0.376 e. The molecule has 0 aliphatic carbocycles. The fourth-order valence-corrected chi connectivity index (χ4v) is 2.98. The fourth-order valence-electron chi connectivity index (χ4n) is 1.89. The van der Waals surface area contributed by atoms with Gasteiger partial charge in [-0.05, 0) is 31.9 Å². The summed E-state index contributed by atoms with van der Waals surface area (Å²) in [5.41, 5.74) is 0. The molecule has 2 atom stereocenters. The average molecular weight is 349 g/mol. The quantitative estimate of drug-likeness (QED) is 0.828. The summed E-state index contributed by atoms with van der Waals surface area (Å²) in [6, 6.07) is 2.60. The number of hydrogen-bond acceptors (Lipinski definition) is 6. The molecule has 2 heterocycles. The summed E-state index contributed by atoms with van der Waals surface area (Å²) in [5.74, 6) is -0.755. The number of carbonyl (C=O) groups excluding carboxylic acids is 1. The van der Waals surface area contributed by atoms with E-state index in [0.717, 1.165) is 12.8 Å². The van der Waals surface area contributed by atoms with E-state index < -0.39 is 22.0 Å². The van der Waals surface area contributed by atoms with Gasteiger partial charge in [0.25, 0.3) is 15.9 Å². The zero-order valence-electron chi connectivity index (χ0n) is 12.0. The molecule has 2 unspecified atom stereocenters. The lowest BCUT2D eigenvalue weighted by Gasteiger charge is -2.16. The third-order valence-corrected chi connectivity index (χ3v) is 4.62. The van der Waals surface area contributed by atoms with Gasteiger partial charge in [0.1, 0.15) is 6.10 Å². The Balaban J connectivity index is 1.90. The number of pyridine rings is 1. The molecule has 0 aromatic carbocycles. The summed E-state index contributed by atoms with van der Waals surface area (Å²) in [6.45, 7) is 2.42. The fraction of sp³-hybridized carbons (Fsp3) is 0.538. The summed E-state index contributed by atoms with van der Waals surface area (Å²) >= 11 is 5.64. The first-order chi connectivity index (χ1) is 10.4. The molecule has 1 aliphatic heterocycles. The van der Waals surface area contributed by atoms with E-state index in [1.807, 2.05) is 4.72 Å². The van der Waals surface area contributed by atoms with Crippen LogP contribution in [0.4, 0.5) is 0 Å². The molecule has 1 amide bonds. The van der Waals surface area contributed by atoms with Crippen LogP contribution in [-0.4, -0.2) is 44.7 Å². The summed E-state index contributed by atoms with van der Waals surface area (Å²) in [7, 11) is -4.04. The molecule has 9 heteroatoms. The number of hydrogen-bond donors (Lipinski definition) is 1. The molecule has 22 heavy (non-hydrogen) atoms. The van der Waals surface area contributed by atoms with E-state index in [0.29, 0.717) is 11.6 Å². The molecule has 0 bridgehead atoms. The first-order valence-electron chi connectivity index (χ1n) is 6.80. The maximum atomic E-state index is 12.0. The number of amides is 1. The van der Waals surface area contributed by atoms with E-state index in [1.165, 1.54) is 25.3 Å². The Labute approximate surface area is 134 Å². The van der Waals surface area contributed by atoms with E-state index in [4.69, 9.17) is 21.1 Å². The standard InChI is InChI=1S/C13H17ClN2O5S/c1-9(21-8-11-3-2-6-20-11)13(17)16-22(18,19)12-5-4-10(14)7-15-12/h4-5,7,9,11H,2-3,6,8H2,1H3,(H,16,17). The molecule has 1 N–H and O–H groups in total. The molecular formula is C13H17ClN2O5S. The van der Waals surface area contributed by atoms with Crippen LogP contribution in [0.25, 0.3) is 0 Å². The van der Waals surface area contributed by atoms with Crippen LogP contribution in [0.2, 0.25) is 5.02 Å². The molecular weight excluding hydrogens is 332 g/mol.